The summed E-state index contributed by atoms with van der Waals surface area (Å²) in [5.41, 5.74) is 2.88. The summed E-state index contributed by atoms with van der Waals surface area (Å²) in [6.45, 7) is 0.652. The van der Waals surface area contributed by atoms with Gasteiger partial charge in [-0.25, -0.2) is 4.98 Å². The van der Waals surface area contributed by atoms with Crippen LogP contribution in [0.2, 0.25) is 0 Å². The van der Waals surface area contributed by atoms with Gasteiger partial charge in [-0.05, 0) is 29.7 Å². The Morgan fingerprint density at radius 2 is 2.19 bits per heavy atom. The van der Waals surface area contributed by atoms with Gasteiger partial charge in [0, 0.05) is 12.6 Å². The summed E-state index contributed by atoms with van der Waals surface area (Å²) >= 11 is 0. The first kappa shape index (κ1) is 13.8. The van der Waals surface area contributed by atoms with Gasteiger partial charge in [-0.2, -0.15) is 0 Å². The molecule has 1 aliphatic rings. The summed E-state index contributed by atoms with van der Waals surface area (Å²) in [7, 11) is 1.52. The number of benzene rings is 1. The van der Waals surface area contributed by atoms with E-state index in [1.165, 1.54) is 12.7 Å². The second-order valence-corrected chi connectivity index (χ2v) is 5.00. The summed E-state index contributed by atoms with van der Waals surface area (Å²) in [5.74, 6) is 0.355. The molecule has 1 aromatic heterocycles. The number of ketones is 1. The van der Waals surface area contributed by atoms with E-state index < -0.39 is 0 Å². The Labute approximate surface area is 123 Å². The van der Waals surface area contributed by atoms with Crippen LogP contribution in [-0.2, 0) is 11.2 Å². The van der Waals surface area contributed by atoms with Crippen LogP contribution in [0.3, 0.4) is 0 Å². The highest BCUT2D eigenvalue weighted by atomic mass is 16.5. The van der Waals surface area contributed by atoms with Crippen molar-refractivity contribution in [3.63, 3.8) is 0 Å². The number of methoxy groups -OCH3 is 1. The minimum absolute atomic E-state index is 0.0124. The van der Waals surface area contributed by atoms with E-state index in [0.717, 1.165) is 12.0 Å². The molecule has 1 aliphatic heterocycles. The van der Waals surface area contributed by atoms with E-state index in [2.05, 4.69) is 11.1 Å². The van der Waals surface area contributed by atoms with Crippen LogP contribution in [0.15, 0.2) is 42.6 Å². The van der Waals surface area contributed by atoms with Crippen molar-refractivity contribution in [2.75, 3.05) is 13.7 Å². The number of carbonyl (C=O) groups is 1. The van der Waals surface area contributed by atoms with Crippen molar-refractivity contribution in [2.24, 2.45) is 0 Å². The summed E-state index contributed by atoms with van der Waals surface area (Å²) in [4.78, 5) is 16.6. The molecule has 1 unspecified atom stereocenters. The topological polar surface area (TPSA) is 48.4 Å². The van der Waals surface area contributed by atoms with Gasteiger partial charge in [0.1, 0.15) is 0 Å². The zero-order valence-corrected chi connectivity index (χ0v) is 11.9. The Morgan fingerprint density at radius 1 is 1.33 bits per heavy atom. The Bertz CT molecular complexity index is 654. The molecule has 0 radical (unpaired) electrons. The fraction of sp³-hybridized carbons (Fsp3) is 0.294. The maximum atomic E-state index is 12.5. The Balaban J connectivity index is 1.83. The number of pyridine rings is 1. The predicted octanol–water partition coefficient (Wildman–Crippen LogP) is 2.98. The van der Waals surface area contributed by atoms with Crippen molar-refractivity contribution >= 4 is 5.78 Å². The minimum atomic E-state index is -0.188. The van der Waals surface area contributed by atoms with Crippen molar-refractivity contribution in [1.82, 2.24) is 4.98 Å². The van der Waals surface area contributed by atoms with E-state index >= 15 is 0 Å². The molecule has 0 bridgehead atoms. The van der Waals surface area contributed by atoms with Gasteiger partial charge >= 0.3 is 0 Å². The number of Topliss-reactive ketones (excluding diaryl/α,β-unsaturated/α-hetero) is 1. The minimum Gasteiger partial charge on any atom is -0.480 e. The third-order valence-electron chi connectivity index (χ3n) is 3.73. The van der Waals surface area contributed by atoms with Crippen LogP contribution in [0.1, 0.15) is 34.0 Å². The lowest BCUT2D eigenvalue weighted by Crippen LogP contribution is -2.19. The molecule has 1 aromatic carbocycles. The summed E-state index contributed by atoms with van der Waals surface area (Å²) in [5, 5.41) is 0. The SMILES string of the molecule is COc1ncccc1C(=O)CC1OCCc2ccccc21. The number of aromatic nitrogens is 1. The van der Waals surface area contributed by atoms with Crippen LogP contribution in [0.5, 0.6) is 5.88 Å². The molecule has 3 rings (SSSR count). The maximum Gasteiger partial charge on any atom is 0.224 e. The van der Waals surface area contributed by atoms with Crippen molar-refractivity contribution in [2.45, 2.75) is 18.9 Å². The van der Waals surface area contributed by atoms with Crippen LogP contribution in [0.25, 0.3) is 0 Å². The van der Waals surface area contributed by atoms with Crippen molar-refractivity contribution < 1.29 is 14.3 Å². The van der Waals surface area contributed by atoms with Crippen LogP contribution >= 0.6 is 0 Å². The van der Waals surface area contributed by atoms with Gasteiger partial charge in [0.2, 0.25) is 5.88 Å². The molecule has 21 heavy (non-hydrogen) atoms. The van der Waals surface area contributed by atoms with Crippen LogP contribution < -0.4 is 4.74 Å². The second-order valence-electron chi connectivity index (χ2n) is 5.00. The van der Waals surface area contributed by atoms with Gasteiger partial charge < -0.3 is 9.47 Å². The monoisotopic (exact) mass is 283 g/mol. The number of carbonyl (C=O) groups excluding carboxylic acids is 1. The number of hydrogen-bond donors (Lipinski definition) is 0. The number of nitrogens with zero attached hydrogens (tertiary/aromatic N) is 1. The van der Waals surface area contributed by atoms with E-state index in [1.54, 1.807) is 18.3 Å². The molecule has 4 nitrogen and oxygen atoms in total. The van der Waals surface area contributed by atoms with Crippen molar-refractivity contribution in [3.8, 4) is 5.88 Å². The van der Waals surface area contributed by atoms with Gasteiger partial charge in [0.05, 0.1) is 25.4 Å². The average Bonchev–Trinajstić information content (AvgIpc) is 2.55. The second kappa shape index (κ2) is 6.06. The van der Waals surface area contributed by atoms with E-state index in [-0.39, 0.29) is 11.9 Å². The van der Waals surface area contributed by atoms with Crippen molar-refractivity contribution in [1.29, 1.82) is 0 Å². The molecule has 0 aliphatic carbocycles. The molecule has 0 amide bonds. The summed E-state index contributed by atoms with van der Waals surface area (Å²) in [6, 6.07) is 11.6. The molecule has 0 saturated heterocycles. The molecule has 0 N–H and O–H groups in total. The first-order valence-corrected chi connectivity index (χ1v) is 7.01. The Morgan fingerprint density at radius 3 is 3.05 bits per heavy atom. The number of fused-ring (bicyclic) bond motifs is 1. The predicted molar refractivity (Wildman–Crippen MR) is 78.6 cm³/mol. The van der Waals surface area contributed by atoms with Gasteiger partial charge in [-0.1, -0.05) is 24.3 Å². The highest BCUT2D eigenvalue weighted by Gasteiger charge is 2.25. The molecule has 4 heteroatoms. The molecule has 2 aromatic rings. The first-order chi connectivity index (χ1) is 10.3. The van der Waals surface area contributed by atoms with Gasteiger partial charge in [-0.15, -0.1) is 0 Å². The lowest BCUT2D eigenvalue weighted by molar-refractivity contribution is 0.0351. The zero-order valence-electron chi connectivity index (χ0n) is 11.9. The third-order valence-corrected chi connectivity index (χ3v) is 3.73. The molecule has 0 saturated carbocycles. The molecular formula is C17H17NO3. The van der Waals surface area contributed by atoms with Gasteiger partial charge in [0.25, 0.3) is 0 Å². The van der Waals surface area contributed by atoms with Crippen LogP contribution in [0, 0.1) is 0 Å². The fourth-order valence-electron chi connectivity index (χ4n) is 2.69. The standard InChI is InChI=1S/C17H17NO3/c1-20-17-14(7-4-9-18-17)15(19)11-16-13-6-3-2-5-12(13)8-10-21-16/h2-7,9,16H,8,10-11H2,1H3. The molecule has 0 fully saturated rings. The highest BCUT2D eigenvalue weighted by Crippen LogP contribution is 2.31. The molecule has 0 spiro atoms. The van der Waals surface area contributed by atoms with E-state index in [4.69, 9.17) is 9.47 Å². The molecule has 1 atom stereocenters. The number of rotatable bonds is 4. The summed E-state index contributed by atoms with van der Waals surface area (Å²) in [6.07, 6.45) is 2.63. The smallest absolute Gasteiger partial charge is 0.224 e. The van der Waals surface area contributed by atoms with Gasteiger partial charge in [-0.3, -0.25) is 4.79 Å². The normalized spacial score (nSPS) is 17.1. The molecular weight excluding hydrogens is 266 g/mol. The largest absolute Gasteiger partial charge is 0.480 e. The molecule has 2 heterocycles. The van der Waals surface area contributed by atoms with Crippen molar-refractivity contribution in [3.05, 3.63) is 59.3 Å². The highest BCUT2D eigenvalue weighted by molar-refractivity contribution is 5.98. The summed E-state index contributed by atoms with van der Waals surface area (Å²) < 4.78 is 10.9. The maximum absolute atomic E-state index is 12.5. The zero-order chi connectivity index (χ0) is 14.7. The lowest BCUT2D eigenvalue weighted by Gasteiger charge is -2.25. The fourth-order valence-corrected chi connectivity index (χ4v) is 2.69. The third kappa shape index (κ3) is 2.81. The number of hydrogen-bond acceptors (Lipinski definition) is 4. The van der Waals surface area contributed by atoms with E-state index in [9.17, 15) is 4.79 Å². The van der Waals surface area contributed by atoms with Crippen LogP contribution in [-0.4, -0.2) is 24.5 Å². The average molecular weight is 283 g/mol. The first-order valence-electron chi connectivity index (χ1n) is 7.01. The quantitative estimate of drug-likeness (QED) is 0.809. The van der Waals surface area contributed by atoms with E-state index in [0.29, 0.717) is 24.5 Å². The van der Waals surface area contributed by atoms with Crippen LogP contribution in [0.4, 0.5) is 0 Å². The van der Waals surface area contributed by atoms with E-state index in [1.807, 2.05) is 18.2 Å². The lowest BCUT2D eigenvalue weighted by atomic mass is 9.93. The number of ether oxygens (including phenoxy) is 2. The Hall–Kier alpha value is -2.20. The molecule has 108 valence electrons. The Kier molecular flexibility index (Phi) is 3.97. The van der Waals surface area contributed by atoms with Gasteiger partial charge in [0.15, 0.2) is 5.78 Å².